The minimum atomic E-state index is 0.940. The molecule has 0 spiro atoms. The zero-order chi connectivity index (χ0) is 18.8. The second-order valence-electron chi connectivity index (χ2n) is 6.99. The lowest BCUT2D eigenvalue weighted by Gasteiger charge is -2.08. The standard InChI is InChI=1S/C24H16O2S2/c1-27-23-9-15-7-13-3-5-18-17(19(13)11-21(15)25-23)6-4-14-8-16-10-24(28-2)26-22(16)12-20(14)18/h3-12H,1-2H3. The second kappa shape index (κ2) is 5.97. The monoisotopic (exact) mass is 400 g/mol. The van der Waals surface area contributed by atoms with Gasteiger partial charge in [0.1, 0.15) is 11.2 Å². The van der Waals surface area contributed by atoms with E-state index in [1.807, 2.05) is 12.5 Å². The van der Waals surface area contributed by atoms with E-state index in [4.69, 9.17) is 8.83 Å². The van der Waals surface area contributed by atoms with Gasteiger partial charge in [-0.3, -0.25) is 0 Å². The molecule has 28 heavy (non-hydrogen) atoms. The van der Waals surface area contributed by atoms with Crippen LogP contribution >= 0.6 is 23.5 Å². The lowest BCUT2D eigenvalue weighted by atomic mass is 9.96. The summed E-state index contributed by atoms with van der Waals surface area (Å²) in [5.41, 5.74) is 1.88. The average Bonchev–Trinajstić information content (AvgIpc) is 3.32. The van der Waals surface area contributed by atoms with Crippen molar-refractivity contribution >= 4 is 77.8 Å². The summed E-state index contributed by atoms with van der Waals surface area (Å²) in [5.74, 6) is 0. The molecule has 6 aromatic rings. The fraction of sp³-hybridized carbons (Fsp3) is 0.0833. The normalized spacial score (nSPS) is 12.2. The molecular formula is C24H16O2S2. The summed E-state index contributed by atoms with van der Waals surface area (Å²) in [6.45, 7) is 0. The maximum Gasteiger partial charge on any atom is 0.161 e. The molecule has 0 fully saturated rings. The van der Waals surface area contributed by atoms with Gasteiger partial charge in [-0.1, -0.05) is 47.8 Å². The molecule has 0 unspecified atom stereocenters. The van der Waals surface area contributed by atoms with Gasteiger partial charge in [0.15, 0.2) is 10.2 Å². The molecule has 0 aliphatic heterocycles. The molecule has 4 heteroatoms. The Morgan fingerprint density at radius 3 is 1.39 bits per heavy atom. The summed E-state index contributed by atoms with van der Waals surface area (Å²) in [4.78, 5) is 0. The third-order valence-electron chi connectivity index (χ3n) is 5.46. The second-order valence-corrected chi connectivity index (χ2v) is 8.61. The van der Waals surface area contributed by atoms with Gasteiger partial charge in [0.25, 0.3) is 0 Å². The molecule has 0 saturated heterocycles. The maximum absolute atomic E-state index is 5.98. The number of rotatable bonds is 2. The molecule has 0 aliphatic carbocycles. The molecule has 0 aliphatic rings. The molecule has 0 N–H and O–H groups in total. The van der Waals surface area contributed by atoms with Gasteiger partial charge in [0.2, 0.25) is 0 Å². The van der Waals surface area contributed by atoms with E-state index in [1.54, 1.807) is 23.5 Å². The summed E-state index contributed by atoms with van der Waals surface area (Å²) < 4.78 is 12.0. The van der Waals surface area contributed by atoms with Gasteiger partial charge in [-0.2, -0.15) is 0 Å². The Morgan fingerprint density at radius 1 is 0.500 bits per heavy atom. The Balaban J connectivity index is 1.71. The van der Waals surface area contributed by atoms with Crippen LogP contribution < -0.4 is 0 Å². The Kier molecular flexibility index (Phi) is 3.49. The minimum Gasteiger partial charge on any atom is -0.450 e. The van der Waals surface area contributed by atoms with E-state index >= 15 is 0 Å². The Bertz CT molecular complexity index is 1420. The Morgan fingerprint density at radius 2 is 0.964 bits per heavy atom. The average molecular weight is 401 g/mol. The molecule has 0 saturated carbocycles. The van der Waals surface area contributed by atoms with Crippen LogP contribution in [0, 0.1) is 0 Å². The van der Waals surface area contributed by atoms with E-state index in [9.17, 15) is 0 Å². The quantitative estimate of drug-likeness (QED) is 0.217. The Labute approximate surface area is 169 Å². The van der Waals surface area contributed by atoms with Gasteiger partial charge in [0, 0.05) is 10.8 Å². The fourth-order valence-electron chi connectivity index (χ4n) is 4.10. The molecule has 0 bridgehead atoms. The number of benzene rings is 4. The number of hydrogen-bond donors (Lipinski definition) is 0. The lowest BCUT2D eigenvalue weighted by Crippen LogP contribution is -1.81. The highest BCUT2D eigenvalue weighted by atomic mass is 32.2. The van der Waals surface area contributed by atoms with E-state index in [-0.39, 0.29) is 0 Å². The van der Waals surface area contributed by atoms with Crippen LogP contribution in [0.4, 0.5) is 0 Å². The van der Waals surface area contributed by atoms with Crippen molar-refractivity contribution in [3.63, 3.8) is 0 Å². The molecule has 2 nitrogen and oxygen atoms in total. The maximum atomic E-state index is 5.98. The molecule has 0 radical (unpaired) electrons. The zero-order valence-electron chi connectivity index (χ0n) is 15.4. The SMILES string of the molecule is CSc1cc2cc3ccc4c5cc6oc(SC)cc6cc5ccc4c3cc2o1. The summed E-state index contributed by atoms with van der Waals surface area (Å²) in [7, 11) is 0. The topological polar surface area (TPSA) is 26.3 Å². The molecule has 136 valence electrons. The van der Waals surface area contributed by atoms with E-state index in [0.29, 0.717) is 0 Å². The zero-order valence-corrected chi connectivity index (χ0v) is 17.0. The molecule has 0 amide bonds. The van der Waals surface area contributed by atoms with E-state index < -0.39 is 0 Å². The first kappa shape index (κ1) is 16.4. The third kappa shape index (κ3) is 2.31. The Hall–Kier alpha value is -2.56. The highest BCUT2D eigenvalue weighted by molar-refractivity contribution is 7.98. The van der Waals surface area contributed by atoms with Crippen LogP contribution in [-0.4, -0.2) is 12.5 Å². The van der Waals surface area contributed by atoms with Crippen molar-refractivity contribution in [2.24, 2.45) is 0 Å². The van der Waals surface area contributed by atoms with Gasteiger partial charge in [-0.15, -0.1) is 0 Å². The van der Waals surface area contributed by atoms with Crippen molar-refractivity contribution in [3.05, 3.63) is 60.7 Å². The van der Waals surface area contributed by atoms with Crippen molar-refractivity contribution in [1.82, 2.24) is 0 Å². The van der Waals surface area contributed by atoms with Crippen LogP contribution in [0.1, 0.15) is 0 Å². The fourth-order valence-corrected chi connectivity index (χ4v) is 4.94. The molecule has 2 aromatic heterocycles. The van der Waals surface area contributed by atoms with Crippen LogP contribution in [-0.2, 0) is 0 Å². The summed E-state index contributed by atoms with van der Waals surface area (Å²) in [6, 6.07) is 21.9. The van der Waals surface area contributed by atoms with Gasteiger partial charge in [0.05, 0.1) is 0 Å². The van der Waals surface area contributed by atoms with Gasteiger partial charge in [-0.25, -0.2) is 0 Å². The highest BCUT2D eigenvalue weighted by Crippen LogP contribution is 2.37. The summed E-state index contributed by atoms with van der Waals surface area (Å²) in [6.07, 6.45) is 4.08. The first-order valence-corrected chi connectivity index (χ1v) is 11.5. The molecule has 0 atom stereocenters. The van der Waals surface area contributed by atoms with E-state index in [0.717, 1.165) is 32.1 Å². The van der Waals surface area contributed by atoms with Crippen molar-refractivity contribution in [2.75, 3.05) is 12.5 Å². The van der Waals surface area contributed by atoms with Gasteiger partial charge < -0.3 is 8.83 Å². The molecule has 6 rings (SSSR count). The smallest absolute Gasteiger partial charge is 0.161 e. The van der Waals surface area contributed by atoms with E-state index in [2.05, 4.69) is 60.7 Å². The number of thioether (sulfide) groups is 2. The van der Waals surface area contributed by atoms with Crippen LogP contribution in [0.15, 0.2) is 79.7 Å². The van der Waals surface area contributed by atoms with Crippen LogP contribution in [0.5, 0.6) is 0 Å². The van der Waals surface area contributed by atoms with Crippen LogP contribution in [0.3, 0.4) is 0 Å². The predicted molar refractivity (Wildman–Crippen MR) is 122 cm³/mol. The number of fused-ring (bicyclic) bond motifs is 7. The number of furan rings is 2. The van der Waals surface area contributed by atoms with Crippen molar-refractivity contribution in [1.29, 1.82) is 0 Å². The molecule has 2 heterocycles. The van der Waals surface area contributed by atoms with Gasteiger partial charge in [-0.05, 0) is 81.2 Å². The van der Waals surface area contributed by atoms with E-state index in [1.165, 1.54) is 32.3 Å². The lowest BCUT2D eigenvalue weighted by molar-refractivity contribution is 0.516. The largest absolute Gasteiger partial charge is 0.450 e. The summed E-state index contributed by atoms with van der Waals surface area (Å²) in [5, 5.41) is 11.6. The van der Waals surface area contributed by atoms with Crippen molar-refractivity contribution in [3.8, 4) is 0 Å². The van der Waals surface area contributed by atoms with Crippen LogP contribution in [0.2, 0.25) is 0 Å². The van der Waals surface area contributed by atoms with Gasteiger partial charge >= 0.3 is 0 Å². The first-order chi connectivity index (χ1) is 13.7. The van der Waals surface area contributed by atoms with Crippen molar-refractivity contribution in [2.45, 2.75) is 10.2 Å². The highest BCUT2D eigenvalue weighted by Gasteiger charge is 2.11. The number of hydrogen-bond acceptors (Lipinski definition) is 4. The first-order valence-electron chi connectivity index (χ1n) is 9.08. The predicted octanol–water partition coefficient (Wildman–Crippen LogP) is 8.08. The molecular weight excluding hydrogens is 384 g/mol. The van der Waals surface area contributed by atoms with Crippen LogP contribution in [0.25, 0.3) is 54.3 Å². The third-order valence-corrected chi connectivity index (χ3v) is 6.67. The summed E-state index contributed by atoms with van der Waals surface area (Å²) >= 11 is 3.27. The van der Waals surface area contributed by atoms with Crippen molar-refractivity contribution < 1.29 is 8.83 Å². The minimum absolute atomic E-state index is 0.940. The molecule has 4 aromatic carbocycles.